The highest BCUT2D eigenvalue weighted by molar-refractivity contribution is 7.88. The summed E-state index contributed by atoms with van der Waals surface area (Å²) in [5.74, 6) is -4.56. The van der Waals surface area contributed by atoms with Crippen LogP contribution in [0, 0.1) is 5.82 Å². The maximum Gasteiger partial charge on any atom is 0.283 e. The molecule has 0 aliphatic carbocycles. The highest BCUT2D eigenvalue weighted by atomic mass is 32.2. The summed E-state index contributed by atoms with van der Waals surface area (Å²) in [5, 5.41) is 0. The first-order valence-electron chi connectivity index (χ1n) is 10.5. The highest BCUT2D eigenvalue weighted by Gasteiger charge is 2.56. The van der Waals surface area contributed by atoms with Crippen molar-refractivity contribution in [1.29, 1.82) is 0 Å². The molecule has 34 heavy (non-hydrogen) atoms. The molecule has 1 aliphatic heterocycles. The molecular weight excluding hydrogens is 471 g/mol. The monoisotopic (exact) mass is 497 g/mol. The van der Waals surface area contributed by atoms with Crippen molar-refractivity contribution in [2.24, 2.45) is 0 Å². The average molecular weight is 498 g/mol. The third-order valence-corrected chi connectivity index (χ3v) is 6.24. The zero-order valence-electron chi connectivity index (χ0n) is 18.8. The third-order valence-electron chi connectivity index (χ3n) is 5.56. The lowest BCUT2D eigenvalue weighted by atomic mass is 9.96. The molecule has 2 aromatic rings. The normalized spacial score (nSPS) is 19.7. The Kier molecular flexibility index (Phi) is 7.67. The molecule has 1 aliphatic rings. The van der Waals surface area contributed by atoms with Crippen molar-refractivity contribution in [1.82, 2.24) is 14.6 Å². The van der Waals surface area contributed by atoms with Crippen LogP contribution in [0.25, 0.3) is 11.3 Å². The van der Waals surface area contributed by atoms with Crippen molar-refractivity contribution < 1.29 is 31.1 Å². The van der Waals surface area contributed by atoms with E-state index in [1.165, 1.54) is 25.3 Å². The van der Waals surface area contributed by atoms with Gasteiger partial charge in [0.05, 0.1) is 31.6 Å². The van der Waals surface area contributed by atoms with Crippen LogP contribution >= 0.6 is 0 Å². The van der Waals surface area contributed by atoms with Gasteiger partial charge in [0.25, 0.3) is 5.92 Å². The average Bonchev–Trinajstić information content (AvgIpc) is 3.02. The number of nitrogens with one attached hydrogen (secondary N) is 1. The van der Waals surface area contributed by atoms with Gasteiger partial charge in [0.2, 0.25) is 21.8 Å². The molecule has 7 nitrogen and oxygen atoms in total. The summed E-state index contributed by atoms with van der Waals surface area (Å²) in [5.41, 5.74) is 0.449. The molecule has 0 radical (unpaired) electrons. The van der Waals surface area contributed by atoms with Gasteiger partial charge in [-0.2, -0.15) is 0 Å². The minimum Gasteiger partial charge on any atom is -0.481 e. The molecule has 1 amide bonds. The number of halogens is 3. The molecule has 0 spiro atoms. The summed E-state index contributed by atoms with van der Waals surface area (Å²) in [6, 6.07) is 6.05. The number of carbonyl (C=O) groups excluding carboxylic acids is 1. The molecule has 11 heteroatoms. The first kappa shape index (κ1) is 25.7. The largest absolute Gasteiger partial charge is 0.481 e. The number of allylic oxidation sites excluding steroid dienone is 1. The minimum atomic E-state index is -4.04. The zero-order valence-corrected chi connectivity index (χ0v) is 19.6. The van der Waals surface area contributed by atoms with Crippen LogP contribution in [0.2, 0.25) is 0 Å². The van der Waals surface area contributed by atoms with Gasteiger partial charge in [-0.15, -0.1) is 6.58 Å². The Morgan fingerprint density at radius 1 is 1.32 bits per heavy atom. The maximum atomic E-state index is 15.5. The third kappa shape index (κ3) is 5.76. The van der Waals surface area contributed by atoms with E-state index in [1.54, 1.807) is 24.3 Å². The van der Waals surface area contributed by atoms with E-state index in [0.717, 1.165) is 11.2 Å². The fraction of sp³-hybridized carbons (Fsp3) is 0.391. The van der Waals surface area contributed by atoms with Crippen molar-refractivity contribution in [3.05, 3.63) is 60.4 Å². The number of alkyl halides is 2. The summed E-state index contributed by atoms with van der Waals surface area (Å²) < 4.78 is 76.0. The number of ether oxygens (including phenoxy) is 1. The summed E-state index contributed by atoms with van der Waals surface area (Å²) >= 11 is 0. The molecule has 0 bridgehead atoms. The van der Waals surface area contributed by atoms with E-state index < -0.39 is 46.3 Å². The Hall–Kier alpha value is -2.92. The van der Waals surface area contributed by atoms with Crippen molar-refractivity contribution in [3.8, 4) is 17.1 Å². The first-order chi connectivity index (χ1) is 16.0. The van der Waals surface area contributed by atoms with E-state index in [-0.39, 0.29) is 42.0 Å². The molecule has 0 unspecified atom stereocenters. The van der Waals surface area contributed by atoms with Gasteiger partial charge in [0.15, 0.2) is 0 Å². The number of pyridine rings is 1. The van der Waals surface area contributed by atoms with Crippen molar-refractivity contribution >= 4 is 15.9 Å². The van der Waals surface area contributed by atoms with Gasteiger partial charge in [-0.05, 0) is 30.5 Å². The molecule has 1 saturated heterocycles. The van der Waals surface area contributed by atoms with Crippen molar-refractivity contribution in [3.63, 3.8) is 0 Å². The van der Waals surface area contributed by atoms with E-state index in [1.807, 2.05) is 4.72 Å². The molecule has 184 valence electrons. The Morgan fingerprint density at radius 3 is 2.68 bits per heavy atom. The van der Waals surface area contributed by atoms with Gasteiger partial charge >= 0.3 is 0 Å². The van der Waals surface area contributed by atoms with Gasteiger partial charge in [-0.3, -0.25) is 4.79 Å². The van der Waals surface area contributed by atoms with Gasteiger partial charge in [0, 0.05) is 18.1 Å². The van der Waals surface area contributed by atoms with E-state index in [4.69, 9.17) is 4.74 Å². The Labute approximate surface area is 196 Å². The molecule has 2 atom stereocenters. The summed E-state index contributed by atoms with van der Waals surface area (Å²) in [6.07, 6.45) is 2.11. The van der Waals surface area contributed by atoms with Crippen LogP contribution in [0.1, 0.15) is 18.4 Å². The fourth-order valence-corrected chi connectivity index (χ4v) is 4.80. The number of benzene rings is 1. The number of amides is 1. The van der Waals surface area contributed by atoms with Crippen LogP contribution in [-0.2, 0) is 21.2 Å². The maximum absolute atomic E-state index is 15.5. The number of nitrogens with zero attached hydrogens (tertiary/aromatic N) is 2. The Balaban J connectivity index is 2.01. The number of likely N-dealkylation sites (tertiary alicyclic amines) is 1. The predicted molar refractivity (Wildman–Crippen MR) is 122 cm³/mol. The SMILES string of the molecule is C=CCCC(=O)N1CC(F)(F)[C@H](NS(C)(=O)=O)[C@@H]1Cc1cccc(-c2cccc(OC)n2)c1F. The fourth-order valence-electron chi connectivity index (χ4n) is 4.01. The molecule has 1 aromatic carbocycles. The van der Waals surface area contributed by atoms with E-state index in [2.05, 4.69) is 11.6 Å². The van der Waals surface area contributed by atoms with Crippen molar-refractivity contribution in [2.75, 3.05) is 19.9 Å². The second-order valence-corrected chi connectivity index (χ2v) is 9.87. The number of rotatable bonds is 9. The Bertz CT molecular complexity index is 1170. The molecule has 3 rings (SSSR count). The lowest BCUT2D eigenvalue weighted by Crippen LogP contribution is -2.52. The molecule has 1 aromatic heterocycles. The van der Waals surface area contributed by atoms with Gasteiger partial charge in [0.1, 0.15) is 11.9 Å². The van der Waals surface area contributed by atoms with Crippen molar-refractivity contribution in [2.45, 2.75) is 37.3 Å². The minimum absolute atomic E-state index is 0.0478. The second-order valence-electron chi connectivity index (χ2n) is 8.09. The van der Waals surface area contributed by atoms with Crippen LogP contribution in [0.5, 0.6) is 5.88 Å². The van der Waals surface area contributed by atoms with Crippen LogP contribution in [-0.4, -0.2) is 62.1 Å². The quantitative estimate of drug-likeness (QED) is 0.538. The highest BCUT2D eigenvalue weighted by Crippen LogP contribution is 2.36. The van der Waals surface area contributed by atoms with E-state index in [0.29, 0.717) is 0 Å². The second kappa shape index (κ2) is 10.1. The number of carbonyl (C=O) groups is 1. The van der Waals surface area contributed by atoms with Gasteiger partial charge < -0.3 is 9.64 Å². The molecule has 1 N–H and O–H groups in total. The lowest BCUT2D eigenvalue weighted by molar-refractivity contribution is -0.133. The lowest BCUT2D eigenvalue weighted by Gasteiger charge is -2.28. The first-order valence-corrected chi connectivity index (χ1v) is 12.4. The smallest absolute Gasteiger partial charge is 0.283 e. The van der Waals surface area contributed by atoms with E-state index in [9.17, 15) is 22.0 Å². The number of sulfonamides is 1. The summed E-state index contributed by atoms with van der Waals surface area (Å²) in [7, 11) is -2.62. The van der Waals surface area contributed by atoms with Crippen LogP contribution in [0.4, 0.5) is 13.2 Å². The van der Waals surface area contributed by atoms with E-state index >= 15 is 4.39 Å². The molecule has 2 heterocycles. The zero-order chi connectivity index (χ0) is 25.1. The number of aromatic nitrogens is 1. The van der Waals surface area contributed by atoms with Crippen LogP contribution < -0.4 is 9.46 Å². The summed E-state index contributed by atoms with van der Waals surface area (Å²) in [4.78, 5) is 17.8. The van der Waals surface area contributed by atoms with Crippen LogP contribution in [0.3, 0.4) is 0 Å². The summed E-state index contributed by atoms with van der Waals surface area (Å²) in [6.45, 7) is 2.55. The standard InChI is InChI=1S/C23H26F3N3O4S/c1-4-5-12-20(30)29-14-23(25,26)22(28-34(3,31)32)18(29)13-15-8-6-9-16(21(15)24)17-10-7-11-19(27-17)33-2/h4,6-11,18,22,28H,1,5,12-14H2,2-3H3/t18-,22+/m0/s1. The molecule has 0 saturated carbocycles. The predicted octanol–water partition coefficient (Wildman–Crippen LogP) is 3.17. The number of hydrogen-bond acceptors (Lipinski definition) is 5. The number of methoxy groups -OCH3 is 1. The molecule has 1 fully saturated rings. The van der Waals surface area contributed by atoms with Gasteiger partial charge in [-0.1, -0.05) is 24.3 Å². The molecular formula is C23H26F3N3O4S. The topological polar surface area (TPSA) is 88.6 Å². The van der Waals surface area contributed by atoms with Gasteiger partial charge in [-0.25, -0.2) is 31.3 Å². The number of hydrogen-bond donors (Lipinski definition) is 1. The van der Waals surface area contributed by atoms with Crippen LogP contribution in [0.15, 0.2) is 49.1 Å². The Morgan fingerprint density at radius 2 is 2.03 bits per heavy atom.